The van der Waals surface area contributed by atoms with Gasteiger partial charge < -0.3 is 20.3 Å². The van der Waals surface area contributed by atoms with Crippen LogP contribution in [0, 0.1) is 6.92 Å². The molecule has 1 aliphatic carbocycles. The predicted molar refractivity (Wildman–Crippen MR) is 128 cm³/mol. The number of aryl methyl sites for hydroxylation is 1. The minimum Gasteiger partial charge on any atom is -0.449 e. The van der Waals surface area contributed by atoms with Crippen molar-refractivity contribution in [2.75, 3.05) is 13.2 Å². The summed E-state index contributed by atoms with van der Waals surface area (Å²) in [6.45, 7) is 2.35. The lowest BCUT2D eigenvalue weighted by Gasteiger charge is -2.20. The van der Waals surface area contributed by atoms with Crippen LogP contribution in [0.15, 0.2) is 71.2 Å². The van der Waals surface area contributed by atoms with Crippen LogP contribution in [-0.4, -0.2) is 35.6 Å². The summed E-state index contributed by atoms with van der Waals surface area (Å²) in [5, 5.41) is 23.5. The molecule has 1 aliphatic rings. The second-order valence-corrected chi connectivity index (χ2v) is 8.93. The van der Waals surface area contributed by atoms with E-state index >= 15 is 0 Å². The first kappa shape index (κ1) is 22.5. The zero-order valence-corrected chi connectivity index (χ0v) is 19.4. The highest BCUT2D eigenvalue weighted by Crippen LogP contribution is 2.44. The number of halogens is 1. The van der Waals surface area contributed by atoms with Gasteiger partial charge in [0.05, 0.1) is 6.10 Å². The minimum absolute atomic E-state index is 0.000710. The second kappa shape index (κ2) is 9.86. The van der Waals surface area contributed by atoms with Gasteiger partial charge in [0.25, 0.3) is 0 Å². The van der Waals surface area contributed by atoms with Crippen molar-refractivity contribution >= 4 is 22.0 Å². The molecule has 0 aromatic heterocycles. The molecule has 0 fully saturated rings. The number of hydrogen-bond donors (Lipinski definition) is 3. The van der Waals surface area contributed by atoms with Crippen LogP contribution in [0.5, 0.6) is 0 Å². The van der Waals surface area contributed by atoms with Crippen LogP contribution in [0.2, 0.25) is 0 Å². The number of ether oxygens (including phenoxy) is 1. The number of fused-ring (bicyclic) bond motifs is 3. The molecule has 0 radical (unpaired) electrons. The maximum Gasteiger partial charge on any atom is 0.407 e. The lowest BCUT2D eigenvalue weighted by Crippen LogP contribution is -2.30. The zero-order chi connectivity index (χ0) is 22.7. The van der Waals surface area contributed by atoms with Gasteiger partial charge in [0.2, 0.25) is 0 Å². The molecule has 0 spiro atoms. The summed E-state index contributed by atoms with van der Waals surface area (Å²) in [6.07, 6.45) is -2.40. The van der Waals surface area contributed by atoms with E-state index in [1.54, 1.807) is 0 Å². The Hall–Kier alpha value is -2.67. The highest BCUT2D eigenvalue weighted by molar-refractivity contribution is 9.10. The third-order valence-corrected chi connectivity index (χ3v) is 6.61. The molecule has 0 bridgehead atoms. The quantitative estimate of drug-likeness (QED) is 0.426. The monoisotopic (exact) mass is 495 g/mol. The lowest BCUT2D eigenvalue weighted by molar-refractivity contribution is 0.0132. The summed E-state index contributed by atoms with van der Waals surface area (Å²) in [6, 6.07) is 21.9. The van der Waals surface area contributed by atoms with E-state index in [9.17, 15) is 15.0 Å². The normalized spacial score (nSPS) is 14.4. The molecule has 166 valence electrons. The second-order valence-electron chi connectivity index (χ2n) is 8.08. The van der Waals surface area contributed by atoms with Crippen LogP contribution < -0.4 is 5.32 Å². The van der Waals surface area contributed by atoms with Crippen LogP contribution in [0.4, 0.5) is 4.79 Å². The lowest BCUT2D eigenvalue weighted by atomic mass is 9.98. The molecule has 3 aromatic carbocycles. The molecule has 3 aromatic rings. The molecule has 5 nitrogen and oxygen atoms in total. The third kappa shape index (κ3) is 4.72. The molecule has 0 aliphatic heterocycles. The van der Waals surface area contributed by atoms with Crippen molar-refractivity contribution in [2.24, 2.45) is 0 Å². The Bertz CT molecular complexity index is 1070. The van der Waals surface area contributed by atoms with Gasteiger partial charge in [-0.15, -0.1) is 0 Å². The number of benzene rings is 3. The molecular weight excluding hydrogens is 470 g/mol. The first-order valence-corrected chi connectivity index (χ1v) is 11.5. The fourth-order valence-electron chi connectivity index (χ4n) is 4.23. The molecule has 2 atom stereocenters. The van der Waals surface area contributed by atoms with Crippen molar-refractivity contribution in [3.05, 3.63) is 93.5 Å². The van der Waals surface area contributed by atoms with Gasteiger partial charge in [0.15, 0.2) is 0 Å². The average molecular weight is 496 g/mol. The number of alkyl carbamates (subject to hydrolysis) is 1. The van der Waals surface area contributed by atoms with E-state index in [4.69, 9.17) is 4.74 Å². The first-order valence-electron chi connectivity index (χ1n) is 10.7. The Labute approximate surface area is 196 Å². The zero-order valence-electron chi connectivity index (χ0n) is 17.8. The summed E-state index contributed by atoms with van der Waals surface area (Å²) in [5.41, 5.74) is 6.28. The SMILES string of the molecule is Cc1ccc(Br)c(C(O)C(O)CCNC(=O)OCC2c3ccccc3-c3ccccc32)c1. The highest BCUT2D eigenvalue weighted by atomic mass is 79.9. The highest BCUT2D eigenvalue weighted by Gasteiger charge is 2.29. The third-order valence-electron chi connectivity index (χ3n) is 5.89. The Morgan fingerprint density at radius 2 is 1.66 bits per heavy atom. The summed E-state index contributed by atoms with van der Waals surface area (Å²) < 4.78 is 6.24. The van der Waals surface area contributed by atoms with Gasteiger partial charge in [-0.3, -0.25) is 0 Å². The Morgan fingerprint density at radius 1 is 1.03 bits per heavy atom. The van der Waals surface area contributed by atoms with E-state index < -0.39 is 18.3 Å². The van der Waals surface area contributed by atoms with Crippen LogP contribution in [0.1, 0.15) is 40.7 Å². The number of amides is 1. The predicted octanol–water partition coefficient (Wildman–Crippen LogP) is 5.08. The van der Waals surface area contributed by atoms with Gasteiger partial charge in [0, 0.05) is 16.9 Å². The van der Waals surface area contributed by atoms with Crippen LogP contribution in [0.25, 0.3) is 11.1 Å². The summed E-state index contributed by atoms with van der Waals surface area (Å²) in [5.74, 6) is -0.000710. The van der Waals surface area contributed by atoms with Crippen molar-refractivity contribution in [1.29, 1.82) is 0 Å². The van der Waals surface area contributed by atoms with Gasteiger partial charge in [-0.2, -0.15) is 0 Å². The van der Waals surface area contributed by atoms with Gasteiger partial charge in [0.1, 0.15) is 12.7 Å². The molecular formula is C26H26BrNO4. The average Bonchev–Trinajstić information content (AvgIpc) is 3.12. The van der Waals surface area contributed by atoms with Crippen LogP contribution >= 0.6 is 15.9 Å². The van der Waals surface area contributed by atoms with Gasteiger partial charge >= 0.3 is 6.09 Å². The Morgan fingerprint density at radius 3 is 2.31 bits per heavy atom. The fraction of sp³-hybridized carbons (Fsp3) is 0.269. The molecule has 0 heterocycles. The standard InChI is InChI=1S/C26H26BrNO4/c1-16-10-11-23(27)21(14-16)25(30)24(29)12-13-28-26(31)32-15-22-19-8-4-2-6-17(19)18-7-3-5-9-20(18)22/h2-11,14,22,24-25,29-30H,12-13,15H2,1H3,(H,28,31). The minimum atomic E-state index is -1.05. The number of carbonyl (C=O) groups excluding carboxylic acids is 1. The van der Waals surface area contributed by atoms with Crippen molar-refractivity contribution < 1.29 is 19.7 Å². The number of aliphatic hydroxyl groups is 2. The summed E-state index contributed by atoms with van der Waals surface area (Å²) >= 11 is 3.41. The first-order chi connectivity index (χ1) is 15.5. The maximum absolute atomic E-state index is 12.3. The number of nitrogens with one attached hydrogen (secondary N) is 1. The van der Waals surface area contributed by atoms with Crippen molar-refractivity contribution in [2.45, 2.75) is 31.5 Å². The number of rotatable bonds is 7. The topological polar surface area (TPSA) is 78.8 Å². The number of carbonyl (C=O) groups is 1. The Kier molecular flexibility index (Phi) is 6.94. The van der Waals surface area contributed by atoms with Crippen LogP contribution in [-0.2, 0) is 4.74 Å². The van der Waals surface area contributed by atoms with Crippen LogP contribution in [0.3, 0.4) is 0 Å². The molecule has 6 heteroatoms. The number of aliphatic hydroxyl groups excluding tert-OH is 2. The molecule has 4 rings (SSSR count). The molecule has 32 heavy (non-hydrogen) atoms. The van der Waals surface area contributed by atoms with E-state index in [0.717, 1.165) is 21.2 Å². The van der Waals surface area contributed by atoms with Crippen molar-refractivity contribution in [3.8, 4) is 11.1 Å². The smallest absolute Gasteiger partial charge is 0.407 e. The van der Waals surface area contributed by atoms with E-state index in [2.05, 4.69) is 45.5 Å². The molecule has 1 amide bonds. The largest absolute Gasteiger partial charge is 0.449 e. The Balaban J connectivity index is 1.29. The molecule has 3 N–H and O–H groups in total. The van der Waals surface area contributed by atoms with E-state index in [1.165, 1.54) is 11.1 Å². The van der Waals surface area contributed by atoms with Crippen molar-refractivity contribution in [3.63, 3.8) is 0 Å². The number of hydrogen-bond acceptors (Lipinski definition) is 4. The summed E-state index contributed by atoms with van der Waals surface area (Å²) in [7, 11) is 0. The van der Waals surface area contributed by atoms with Crippen molar-refractivity contribution in [1.82, 2.24) is 5.32 Å². The van der Waals surface area contributed by atoms with E-state index in [1.807, 2.05) is 49.4 Å². The van der Waals surface area contributed by atoms with Gasteiger partial charge in [-0.05, 0) is 47.2 Å². The molecule has 0 saturated carbocycles. The maximum atomic E-state index is 12.3. The summed E-state index contributed by atoms with van der Waals surface area (Å²) in [4.78, 5) is 12.3. The molecule has 2 unspecified atom stereocenters. The van der Waals surface area contributed by atoms with E-state index in [0.29, 0.717) is 5.56 Å². The van der Waals surface area contributed by atoms with Gasteiger partial charge in [-0.25, -0.2) is 4.79 Å². The van der Waals surface area contributed by atoms with E-state index in [-0.39, 0.29) is 25.5 Å². The molecule has 0 saturated heterocycles. The van der Waals surface area contributed by atoms with Gasteiger partial charge in [-0.1, -0.05) is 82.2 Å². The fourth-order valence-corrected chi connectivity index (χ4v) is 4.71.